The molecule has 0 aliphatic rings. The molecule has 3 atom stereocenters. The summed E-state index contributed by atoms with van der Waals surface area (Å²) in [6.45, 7) is 4.08. The summed E-state index contributed by atoms with van der Waals surface area (Å²) >= 11 is 11.9. The van der Waals surface area contributed by atoms with Crippen molar-refractivity contribution in [1.82, 2.24) is 10.6 Å². The van der Waals surface area contributed by atoms with Crippen molar-refractivity contribution < 1.29 is 27.9 Å². The van der Waals surface area contributed by atoms with Crippen LogP contribution in [-0.2, 0) is 20.8 Å². The summed E-state index contributed by atoms with van der Waals surface area (Å²) < 4.78 is 35.0. The molecule has 202 valence electrons. The number of carbonyl (C=O) groups is 3. The van der Waals surface area contributed by atoms with Gasteiger partial charge >= 0.3 is 5.92 Å². The number of nitrogens with one attached hydrogen (secondary N) is 2. The maximum atomic E-state index is 14.7. The molecule has 0 aliphatic carbocycles. The van der Waals surface area contributed by atoms with Gasteiger partial charge in [0.15, 0.2) is 6.61 Å². The van der Waals surface area contributed by atoms with E-state index < -0.39 is 54.0 Å². The van der Waals surface area contributed by atoms with Crippen LogP contribution < -0.4 is 21.1 Å². The molecule has 0 saturated carbocycles. The van der Waals surface area contributed by atoms with E-state index in [-0.39, 0.29) is 18.7 Å². The van der Waals surface area contributed by atoms with Gasteiger partial charge in [-0.2, -0.15) is 8.78 Å². The van der Waals surface area contributed by atoms with Crippen LogP contribution in [0.1, 0.15) is 26.3 Å². The number of Topliss-reactive ketones (excluding diaryl/α,β-unsaturated/α-hetero) is 1. The molecule has 4 N–H and O–H groups in total. The summed E-state index contributed by atoms with van der Waals surface area (Å²) in [4.78, 5) is 37.7. The average molecular weight is 558 g/mol. The van der Waals surface area contributed by atoms with Crippen molar-refractivity contribution in [2.75, 3.05) is 13.2 Å². The lowest BCUT2D eigenvalue weighted by atomic mass is 9.78. The van der Waals surface area contributed by atoms with Gasteiger partial charge in [0.1, 0.15) is 5.75 Å². The predicted octanol–water partition coefficient (Wildman–Crippen LogP) is 4.04. The highest BCUT2D eigenvalue weighted by Gasteiger charge is 2.52. The van der Waals surface area contributed by atoms with Crippen LogP contribution in [0.2, 0.25) is 10.0 Å². The lowest BCUT2D eigenvalue weighted by molar-refractivity contribution is -0.162. The number of rotatable bonds is 13. The van der Waals surface area contributed by atoms with Crippen LogP contribution in [0.15, 0.2) is 48.5 Å². The lowest BCUT2D eigenvalue weighted by Crippen LogP contribution is -2.59. The number of hydrogen-bond donors (Lipinski definition) is 3. The molecule has 0 radical (unpaired) electrons. The molecule has 0 aromatic heterocycles. The second-order valence-electron chi connectivity index (χ2n) is 8.90. The van der Waals surface area contributed by atoms with Crippen molar-refractivity contribution in [2.24, 2.45) is 17.6 Å². The van der Waals surface area contributed by atoms with Gasteiger partial charge in [-0.1, -0.05) is 67.4 Å². The number of amides is 2. The van der Waals surface area contributed by atoms with Gasteiger partial charge in [-0.3, -0.25) is 14.4 Å². The van der Waals surface area contributed by atoms with E-state index in [1.54, 1.807) is 44.2 Å². The van der Waals surface area contributed by atoms with Crippen LogP contribution in [0.3, 0.4) is 0 Å². The minimum atomic E-state index is -4.28. The SMILES string of the molecule is CCNC(=O)C(F)(F)C(=O)[C@@H](C(C)C)C(N)[C@H](Cc1ccccc1)NC(=O)COc1cc(Cl)cc(Cl)c1. The molecule has 7 nitrogen and oxygen atoms in total. The Labute approximate surface area is 225 Å². The number of ether oxygens (including phenoxy) is 1. The largest absolute Gasteiger partial charge is 0.484 e. The quantitative estimate of drug-likeness (QED) is 0.322. The molecule has 0 heterocycles. The monoisotopic (exact) mass is 557 g/mol. The third-order valence-electron chi connectivity index (χ3n) is 5.68. The number of nitrogens with two attached hydrogens (primary N) is 1. The number of ketones is 1. The molecule has 0 fully saturated rings. The van der Waals surface area contributed by atoms with Crippen molar-refractivity contribution in [3.8, 4) is 5.75 Å². The summed E-state index contributed by atoms with van der Waals surface area (Å²) in [5, 5.41) is 5.33. The Morgan fingerprint density at radius 3 is 2.19 bits per heavy atom. The van der Waals surface area contributed by atoms with Gasteiger partial charge in [0.05, 0.1) is 0 Å². The molecule has 11 heteroatoms. The molecule has 2 amide bonds. The summed E-state index contributed by atoms with van der Waals surface area (Å²) in [7, 11) is 0. The normalized spacial score (nSPS) is 14.0. The van der Waals surface area contributed by atoms with Crippen molar-refractivity contribution in [2.45, 2.75) is 45.2 Å². The minimum absolute atomic E-state index is 0.0649. The van der Waals surface area contributed by atoms with Gasteiger partial charge < -0.3 is 21.1 Å². The first-order valence-corrected chi connectivity index (χ1v) is 12.5. The first kappa shape index (κ1) is 30.5. The fourth-order valence-corrected chi connectivity index (χ4v) is 4.43. The smallest absolute Gasteiger partial charge is 0.381 e. The Hall–Kier alpha value is -2.75. The maximum absolute atomic E-state index is 14.7. The third kappa shape index (κ3) is 8.66. The van der Waals surface area contributed by atoms with E-state index in [9.17, 15) is 23.2 Å². The molecule has 2 rings (SSSR count). The molecular weight excluding hydrogens is 527 g/mol. The average Bonchev–Trinajstić information content (AvgIpc) is 2.82. The Balaban J connectivity index is 2.28. The second-order valence-corrected chi connectivity index (χ2v) is 9.78. The summed E-state index contributed by atoms with van der Waals surface area (Å²) in [6, 6.07) is 11.2. The van der Waals surface area contributed by atoms with Crippen molar-refractivity contribution >= 4 is 40.8 Å². The zero-order chi connectivity index (χ0) is 27.8. The number of hydrogen-bond acceptors (Lipinski definition) is 5. The van der Waals surface area contributed by atoms with Crippen LogP contribution in [0.5, 0.6) is 5.75 Å². The Kier molecular flexibility index (Phi) is 11.3. The zero-order valence-electron chi connectivity index (χ0n) is 20.8. The van der Waals surface area contributed by atoms with Gasteiger partial charge in [-0.25, -0.2) is 0 Å². The van der Waals surface area contributed by atoms with Gasteiger partial charge in [0, 0.05) is 34.6 Å². The van der Waals surface area contributed by atoms with Crippen molar-refractivity contribution in [3.05, 3.63) is 64.1 Å². The Morgan fingerprint density at radius 2 is 1.65 bits per heavy atom. The lowest BCUT2D eigenvalue weighted by Gasteiger charge is -2.34. The number of carbonyl (C=O) groups excluding carboxylic acids is 3. The summed E-state index contributed by atoms with van der Waals surface area (Å²) in [5.41, 5.74) is 7.16. The highest BCUT2D eigenvalue weighted by molar-refractivity contribution is 6.34. The first-order valence-electron chi connectivity index (χ1n) is 11.7. The Bertz CT molecular complexity index is 1070. The zero-order valence-corrected chi connectivity index (χ0v) is 22.3. The van der Waals surface area contributed by atoms with Crippen molar-refractivity contribution in [1.29, 1.82) is 0 Å². The number of halogens is 4. The fourth-order valence-electron chi connectivity index (χ4n) is 3.93. The minimum Gasteiger partial charge on any atom is -0.484 e. The standard InChI is InChI=1S/C26H31Cl2F2N3O4/c1-4-32-25(36)26(29,30)24(35)22(15(2)3)23(31)20(10-16-8-6-5-7-9-16)33-21(34)14-37-19-12-17(27)11-18(28)13-19/h5-9,11-13,15,20,22-23H,4,10,14,31H2,1-3H3,(H,32,36)(H,33,34)/t20-,22-,23?/m0/s1. The molecule has 37 heavy (non-hydrogen) atoms. The van der Waals surface area contributed by atoms with E-state index in [4.69, 9.17) is 33.7 Å². The molecule has 2 aromatic rings. The molecule has 1 unspecified atom stereocenters. The number of alkyl halides is 2. The van der Waals surface area contributed by atoms with E-state index in [1.807, 2.05) is 5.32 Å². The molecule has 0 saturated heterocycles. The number of benzene rings is 2. The van der Waals surface area contributed by atoms with Gasteiger partial charge in [0.2, 0.25) is 5.78 Å². The molecule has 0 spiro atoms. The van der Waals surface area contributed by atoms with Gasteiger partial charge in [0.25, 0.3) is 11.8 Å². The Morgan fingerprint density at radius 1 is 1.05 bits per heavy atom. The van der Waals surface area contributed by atoms with Gasteiger partial charge in [-0.05, 0) is 43.0 Å². The maximum Gasteiger partial charge on any atom is 0.381 e. The van der Waals surface area contributed by atoms with Crippen LogP contribution in [0, 0.1) is 11.8 Å². The predicted molar refractivity (Wildman–Crippen MR) is 139 cm³/mol. The van der Waals surface area contributed by atoms with E-state index in [0.29, 0.717) is 10.0 Å². The summed E-state index contributed by atoms with van der Waals surface area (Å²) in [5.74, 6) is -9.99. The molecule has 2 aromatic carbocycles. The molecule has 0 bridgehead atoms. The van der Waals surface area contributed by atoms with Crippen molar-refractivity contribution in [3.63, 3.8) is 0 Å². The topological polar surface area (TPSA) is 111 Å². The van der Waals surface area contributed by atoms with E-state index in [2.05, 4.69) is 5.32 Å². The van der Waals surface area contributed by atoms with Crippen LogP contribution in [0.25, 0.3) is 0 Å². The van der Waals surface area contributed by atoms with E-state index >= 15 is 0 Å². The van der Waals surface area contributed by atoms with Crippen LogP contribution >= 0.6 is 23.2 Å². The fraction of sp³-hybridized carbons (Fsp3) is 0.423. The first-order chi connectivity index (χ1) is 17.4. The van der Waals surface area contributed by atoms with Crippen LogP contribution in [-0.4, -0.2) is 48.8 Å². The van der Waals surface area contributed by atoms with Gasteiger partial charge in [-0.15, -0.1) is 0 Å². The second kappa shape index (κ2) is 13.7. The molecular formula is C26H31Cl2F2N3O4. The molecule has 0 aliphatic heterocycles. The van der Waals surface area contributed by atoms with E-state index in [0.717, 1.165) is 5.56 Å². The van der Waals surface area contributed by atoms with E-state index in [1.165, 1.54) is 25.1 Å². The highest BCUT2D eigenvalue weighted by atomic mass is 35.5. The third-order valence-corrected chi connectivity index (χ3v) is 6.12. The highest BCUT2D eigenvalue weighted by Crippen LogP contribution is 2.29. The summed E-state index contributed by atoms with van der Waals surface area (Å²) in [6.07, 6.45) is 0.153. The van der Waals surface area contributed by atoms with Crippen LogP contribution in [0.4, 0.5) is 8.78 Å².